The first-order chi connectivity index (χ1) is 14.7. The quantitative estimate of drug-likeness (QED) is 0.463. The van der Waals surface area contributed by atoms with E-state index in [2.05, 4.69) is 34.6 Å². The van der Waals surface area contributed by atoms with Crippen LogP contribution in [0.2, 0.25) is 0 Å². The second-order valence-corrected chi connectivity index (χ2v) is 11.9. The normalized spacial score (nSPS) is 30.6. The molecule has 0 spiro atoms. The van der Waals surface area contributed by atoms with Gasteiger partial charge in [-0.25, -0.2) is 4.79 Å². The van der Waals surface area contributed by atoms with Crippen molar-refractivity contribution in [3.05, 3.63) is 27.8 Å². The third-order valence-electron chi connectivity index (χ3n) is 8.63. The average molecular weight is 442 g/mol. The lowest BCUT2D eigenvalue weighted by molar-refractivity contribution is -0.199. The Morgan fingerprint density at radius 2 is 1.75 bits per heavy atom. The maximum absolute atomic E-state index is 13.1. The Balaban J connectivity index is 1.67. The molecule has 0 N–H and O–H groups in total. The van der Waals surface area contributed by atoms with Crippen LogP contribution in [0.25, 0.3) is 0 Å². The van der Waals surface area contributed by atoms with Gasteiger partial charge in [0.15, 0.2) is 0 Å². The van der Waals surface area contributed by atoms with Gasteiger partial charge in [0.25, 0.3) is 0 Å². The van der Waals surface area contributed by atoms with Crippen molar-refractivity contribution >= 4 is 13.1 Å². The van der Waals surface area contributed by atoms with Crippen molar-refractivity contribution in [2.75, 3.05) is 7.11 Å². The van der Waals surface area contributed by atoms with Crippen LogP contribution in [0, 0.1) is 38.0 Å². The predicted octanol–water partition coefficient (Wildman–Crippen LogP) is 5.39. The molecule has 1 aliphatic heterocycles. The molecule has 0 amide bonds. The second kappa shape index (κ2) is 7.49. The summed E-state index contributed by atoms with van der Waals surface area (Å²) >= 11 is 0. The summed E-state index contributed by atoms with van der Waals surface area (Å²) < 4.78 is 24.7. The van der Waals surface area contributed by atoms with E-state index < -0.39 is 5.60 Å². The number of methoxy groups -OCH3 is 1. The zero-order valence-electron chi connectivity index (χ0n) is 21.5. The number of rotatable bonds is 4. The minimum atomic E-state index is -0.580. The van der Waals surface area contributed by atoms with E-state index in [1.165, 1.54) is 6.42 Å². The minimum Gasteiger partial charge on any atom is -0.496 e. The topological polar surface area (TPSA) is 54.0 Å². The van der Waals surface area contributed by atoms with E-state index in [4.69, 9.17) is 18.8 Å². The van der Waals surface area contributed by atoms with E-state index in [-0.39, 0.29) is 24.8 Å². The van der Waals surface area contributed by atoms with Crippen LogP contribution < -0.4 is 4.74 Å². The van der Waals surface area contributed by atoms with Crippen molar-refractivity contribution in [3.8, 4) is 5.75 Å². The van der Waals surface area contributed by atoms with E-state index in [0.29, 0.717) is 34.9 Å². The zero-order chi connectivity index (χ0) is 23.8. The molecule has 4 fully saturated rings. The van der Waals surface area contributed by atoms with E-state index in [9.17, 15) is 4.79 Å². The molecule has 1 aromatic carbocycles. The fourth-order valence-electron chi connectivity index (χ4n) is 6.44. The summed E-state index contributed by atoms with van der Waals surface area (Å²) in [5.74, 6) is 1.46. The number of ether oxygens (including phenoxy) is 2. The Kier molecular flexibility index (Phi) is 5.53. The standard InChI is InChI=1S/C26H39BO5/c1-14-15(2)18(22(29-10)21(16(14)3)23(28)30-24(4,5)6)13-27-31-20-12-17-11-19(25(17,7)8)26(20,9)32-27/h17,19-20H,11-13H2,1-10H3/t17-,19-,20?,26-/m0/s1. The van der Waals surface area contributed by atoms with Gasteiger partial charge in [0.1, 0.15) is 16.9 Å². The smallest absolute Gasteiger partial charge is 0.462 e. The van der Waals surface area contributed by atoms with Gasteiger partial charge in [0.05, 0.1) is 18.8 Å². The lowest BCUT2D eigenvalue weighted by Crippen LogP contribution is -2.65. The Morgan fingerprint density at radius 3 is 2.31 bits per heavy atom. The Labute approximate surface area is 193 Å². The number of carbonyl (C=O) groups excluding carboxylic acids is 1. The second-order valence-electron chi connectivity index (χ2n) is 11.9. The summed E-state index contributed by atoms with van der Waals surface area (Å²) in [5, 5.41) is 0. The van der Waals surface area contributed by atoms with Gasteiger partial charge in [-0.2, -0.15) is 0 Å². The van der Waals surface area contributed by atoms with Gasteiger partial charge in [-0.1, -0.05) is 13.8 Å². The molecule has 5 rings (SSSR count). The SMILES string of the molecule is COc1c(CB2OC3C[C@@H]4C[C@@H](C4(C)C)[C@]3(C)O2)c(C)c(C)c(C)c1C(=O)OC(C)(C)C. The lowest BCUT2D eigenvalue weighted by atomic mass is 9.43. The first-order valence-electron chi connectivity index (χ1n) is 11.9. The van der Waals surface area contributed by atoms with Crippen LogP contribution in [0.5, 0.6) is 5.75 Å². The minimum absolute atomic E-state index is 0.132. The van der Waals surface area contributed by atoms with Crippen LogP contribution in [0.1, 0.15) is 87.0 Å². The molecular weight excluding hydrogens is 403 g/mol. The van der Waals surface area contributed by atoms with Gasteiger partial charge in [-0.05, 0) is 101 Å². The maximum atomic E-state index is 13.1. The van der Waals surface area contributed by atoms with E-state index in [1.807, 2.05) is 27.7 Å². The van der Waals surface area contributed by atoms with Crippen LogP contribution >= 0.6 is 0 Å². The van der Waals surface area contributed by atoms with E-state index in [1.54, 1.807) is 7.11 Å². The van der Waals surface area contributed by atoms with Crippen LogP contribution in [-0.2, 0) is 20.4 Å². The molecule has 3 aliphatic carbocycles. The maximum Gasteiger partial charge on any atom is 0.462 e. The molecule has 1 unspecified atom stereocenters. The first kappa shape index (κ1) is 23.6. The van der Waals surface area contributed by atoms with E-state index in [0.717, 1.165) is 28.7 Å². The van der Waals surface area contributed by atoms with E-state index >= 15 is 0 Å². The van der Waals surface area contributed by atoms with Gasteiger partial charge in [-0.3, -0.25) is 0 Å². The zero-order valence-corrected chi connectivity index (χ0v) is 21.5. The van der Waals surface area contributed by atoms with Gasteiger partial charge < -0.3 is 18.8 Å². The first-order valence-corrected chi connectivity index (χ1v) is 11.9. The summed E-state index contributed by atoms with van der Waals surface area (Å²) in [6.07, 6.45) is 2.97. The molecule has 0 aromatic heterocycles. The molecule has 1 heterocycles. The number of hydrogen-bond donors (Lipinski definition) is 0. The molecule has 4 aliphatic rings. The average Bonchev–Trinajstić information content (AvgIpc) is 3.01. The van der Waals surface area contributed by atoms with Gasteiger partial charge in [0.2, 0.25) is 0 Å². The lowest BCUT2D eigenvalue weighted by Gasteiger charge is -2.64. The van der Waals surface area contributed by atoms with Crippen LogP contribution in [0.3, 0.4) is 0 Å². The van der Waals surface area contributed by atoms with Crippen LogP contribution in [-0.4, -0.2) is 37.5 Å². The highest BCUT2D eigenvalue weighted by Crippen LogP contribution is 2.65. The number of esters is 1. The summed E-state index contributed by atoms with van der Waals surface area (Å²) in [7, 11) is 1.27. The third kappa shape index (κ3) is 3.49. The Bertz CT molecular complexity index is 947. The van der Waals surface area contributed by atoms with Gasteiger partial charge >= 0.3 is 13.1 Å². The van der Waals surface area contributed by atoms with Crippen LogP contribution in [0.4, 0.5) is 0 Å². The highest BCUT2D eigenvalue weighted by Gasteiger charge is 2.67. The molecule has 5 nitrogen and oxygen atoms in total. The summed E-state index contributed by atoms with van der Waals surface area (Å²) in [6, 6.07) is 0. The summed E-state index contributed by atoms with van der Waals surface area (Å²) in [6.45, 7) is 18.7. The Hall–Kier alpha value is -1.53. The molecule has 0 radical (unpaired) electrons. The van der Waals surface area contributed by atoms with Crippen molar-refractivity contribution in [3.63, 3.8) is 0 Å². The van der Waals surface area contributed by atoms with Crippen LogP contribution in [0.15, 0.2) is 0 Å². The van der Waals surface area contributed by atoms with Gasteiger partial charge in [-0.15, -0.1) is 0 Å². The fraction of sp³-hybridized carbons (Fsp3) is 0.731. The predicted molar refractivity (Wildman–Crippen MR) is 126 cm³/mol. The summed E-state index contributed by atoms with van der Waals surface area (Å²) in [5.41, 5.74) is 4.03. The van der Waals surface area contributed by atoms with Crippen molar-refractivity contribution in [2.24, 2.45) is 17.3 Å². The van der Waals surface area contributed by atoms with Crippen molar-refractivity contribution in [2.45, 2.75) is 98.8 Å². The molecule has 1 saturated heterocycles. The number of benzene rings is 1. The van der Waals surface area contributed by atoms with Gasteiger partial charge in [0, 0.05) is 6.32 Å². The molecule has 3 saturated carbocycles. The number of carbonyl (C=O) groups is 1. The highest BCUT2D eigenvalue weighted by atomic mass is 16.7. The van der Waals surface area contributed by atoms with Crippen molar-refractivity contribution in [1.82, 2.24) is 0 Å². The Morgan fingerprint density at radius 1 is 1.09 bits per heavy atom. The molecule has 4 atom stereocenters. The molecule has 32 heavy (non-hydrogen) atoms. The van der Waals surface area contributed by atoms with Crippen molar-refractivity contribution in [1.29, 1.82) is 0 Å². The van der Waals surface area contributed by atoms with Crippen molar-refractivity contribution < 1.29 is 23.6 Å². The highest BCUT2D eigenvalue weighted by molar-refractivity contribution is 6.45. The largest absolute Gasteiger partial charge is 0.496 e. The fourth-order valence-corrected chi connectivity index (χ4v) is 6.44. The number of hydrogen-bond acceptors (Lipinski definition) is 5. The summed E-state index contributed by atoms with van der Waals surface area (Å²) in [4.78, 5) is 13.1. The molecular formula is C26H39BO5. The molecule has 2 bridgehead atoms. The molecule has 1 aromatic rings. The monoisotopic (exact) mass is 442 g/mol. The third-order valence-corrected chi connectivity index (χ3v) is 8.63. The molecule has 176 valence electrons. The molecule has 6 heteroatoms.